The Balaban J connectivity index is 1.42. The van der Waals surface area contributed by atoms with E-state index in [-0.39, 0.29) is 17.7 Å². The van der Waals surface area contributed by atoms with E-state index >= 15 is 0 Å². The number of hydrogen-bond donors (Lipinski definition) is 1. The fourth-order valence-electron chi connectivity index (χ4n) is 4.46. The summed E-state index contributed by atoms with van der Waals surface area (Å²) in [4.78, 5) is 24.1. The number of carbonyl (C=O) groups is 2. The lowest BCUT2D eigenvalue weighted by Crippen LogP contribution is -2.43. The van der Waals surface area contributed by atoms with Gasteiger partial charge in [-0.3, -0.25) is 4.79 Å². The number of carboxylic acids is 1. The quantitative estimate of drug-likeness (QED) is 0.899. The summed E-state index contributed by atoms with van der Waals surface area (Å²) in [7, 11) is 0. The Morgan fingerprint density at radius 3 is 2.15 bits per heavy atom. The number of carboxylic acid groups (broad SMARTS) is 1. The van der Waals surface area contributed by atoms with Crippen LogP contribution in [-0.2, 0) is 9.59 Å². The van der Waals surface area contributed by atoms with Gasteiger partial charge in [0.15, 0.2) is 0 Å². The zero-order valence-electron chi connectivity index (χ0n) is 14.3. The highest BCUT2D eigenvalue weighted by Gasteiger charge is 2.51. The number of benzene rings is 2. The van der Waals surface area contributed by atoms with Gasteiger partial charge in [0.25, 0.3) is 0 Å². The maximum absolute atomic E-state index is 12.7. The number of amides is 1. The molecule has 0 saturated heterocycles. The smallest absolute Gasteiger partial charge is 0.228 e. The number of aliphatic carboxylic acids is 1. The maximum atomic E-state index is 12.7. The van der Waals surface area contributed by atoms with Gasteiger partial charge in [0.2, 0.25) is 5.91 Å². The molecule has 2 aliphatic carbocycles. The van der Waals surface area contributed by atoms with E-state index in [9.17, 15) is 14.7 Å². The molecule has 134 valence electrons. The third kappa shape index (κ3) is 3.17. The summed E-state index contributed by atoms with van der Waals surface area (Å²) in [5, 5.41) is 14.3. The number of anilines is 1. The van der Waals surface area contributed by atoms with Crippen LogP contribution in [0, 0.1) is 23.7 Å². The summed E-state index contributed by atoms with van der Waals surface area (Å²) in [5.74, 6) is -0.809. The molecule has 2 bridgehead atoms. The van der Waals surface area contributed by atoms with Crippen molar-refractivity contribution in [2.45, 2.75) is 19.3 Å². The van der Waals surface area contributed by atoms with E-state index in [0.29, 0.717) is 11.4 Å². The molecule has 5 heteroatoms. The first-order valence-corrected chi connectivity index (χ1v) is 8.96. The number of hydrogen-bond acceptors (Lipinski definition) is 4. The average Bonchev–Trinajstić information content (AvgIpc) is 3.25. The molecule has 0 spiro atoms. The van der Waals surface area contributed by atoms with Crippen LogP contribution in [0.4, 0.5) is 5.69 Å². The van der Waals surface area contributed by atoms with Crippen molar-refractivity contribution in [3.8, 4) is 11.5 Å². The number of nitrogens with one attached hydrogen (secondary N) is 1. The highest BCUT2D eigenvalue weighted by Crippen LogP contribution is 2.52. The monoisotopic (exact) mass is 350 g/mol. The van der Waals surface area contributed by atoms with Crippen LogP contribution in [0.5, 0.6) is 11.5 Å². The lowest BCUT2D eigenvalue weighted by Gasteiger charge is -2.30. The van der Waals surface area contributed by atoms with Gasteiger partial charge in [-0.2, -0.15) is 0 Å². The van der Waals surface area contributed by atoms with Gasteiger partial charge in [-0.15, -0.1) is 0 Å². The van der Waals surface area contributed by atoms with Crippen molar-refractivity contribution in [2.75, 3.05) is 5.32 Å². The average molecular weight is 350 g/mol. The zero-order chi connectivity index (χ0) is 18.1. The van der Waals surface area contributed by atoms with Crippen LogP contribution < -0.4 is 15.2 Å². The van der Waals surface area contributed by atoms with E-state index in [1.165, 1.54) is 0 Å². The summed E-state index contributed by atoms with van der Waals surface area (Å²) in [5.41, 5.74) is 0.635. The normalized spacial score (nSPS) is 26.5. The summed E-state index contributed by atoms with van der Waals surface area (Å²) < 4.78 is 5.73. The summed E-state index contributed by atoms with van der Waals surface area (Å²) >= 11 is 0. The largest absolute Gasteiger partial charge is 0.550 e. The molecule has 26 heavy (non-hydrogen) atoms. The molecule has 0 aromatic heterocycles. The van der Waals surface area contributed by atoms with Crippen LogP contribution in [0.2, 0.25) is 0 Å². The molecule has 2 aromatic carbocycles. The van der Waals surface area contributed by atoms with Gasteiger partial charge >= 0.3 is 0 Å². The summed E-state index contributed by atoms with van der Waals surface area (Å²) in [6.45, 7) is 0. The lowest BCUT2D eigenvalue weighted by molar-refractivity contribution is -0.314. The van der Waals surface area contributed by atoms with E-state index in [1.54, 1.807) is 24.3 Å². The van der Waals surface area contributed by atoms with E-state index in [1.807, 2.05) is 30.3 Å². The Morgan fingerprint density at radius 1 is 0.885 bits per heavy atom. The van der Waals surface area contributed by atoms with Crippen LogP contribution in [0.3, 0.4) is 0 Å². The number of ether oxygens (including phenoxy) is 1. The molecule has 2 aliphatic rings. The van der Waals surface area contributed by atoms with Crippen molar-refractivity contribution in [1.29, 1.82) is 0 Å². The Morgan fingerprint density at radius 2 is 1.50 bits per heavy atom. The van der Waals surface area contributed by atoms with Crippen molar-refractivity contribution in [2.24, 2.45) is 23.7 Å². The Bertz CT molecular complexity index is 803. The summed E-state index contributed by atoms with van der Waals surface area (Å²) in [6, 6.07) is 16.5. The van der Waals surface area contributed by atoms with Gasteiger partial charge in [0.05, 0.1) is 0 Å². The van der Waals surface area contributed by atoms with Gasteiger partial charge in [-0.25, -0.2) is 0 Å². The molecular formula is C21H20NO4-. The molecular weight excluding hydrogens is 330 g/mol. The second kappa shape index (κ2) is 6.83. The maximum Gasteiger partial charge on any atom is 0.228 e. The van der Waals surface area contributed by atoms with Gasteiger partial charge in [-0.1, -0.05) is 18.2 Å². The molecule has 4 atom stereocenters. The number of rotatable bonds is 5. The van der Waals surface area contributed by atoms with E-state index in [2.05, 4.69) is 5.32 Å². The molecule has 4 rings (SSSR count). The molecule has 2 saturated carbocycles. The molecule has 1 N–H and O–H groups in total. The van der Waals surface area contributed by atoms with Crippen molar-refractivity contribution in [1.82, 2.24) is 0 Å². The van der Waals surface area contributed by atoms with E-state index in [4.69, 9.17) is 4.74 Å². The standard InChI is InChI=1S/C21H21NO4/c23-20(18-13-6-7-14(12-13)19(18)21(24)25)22-15-8-10-17(11-9-15)26-16-4-2-1-3-5-16/h1-5,8-11,13-14,18-19H,6-7,12H2,(H,22,23)(H,24,25)/p-1/t13-,14+,18+,19+/m1/s1. The van der Waals surface area contributed by atoms with Crippen molar-refractivity contribution in [3.05, 3.63) is 54.6 Å². The Labute approximate surface area is 152 Å². The Kier molecular flexibility index (Phi) is 4.37. The predicted octanol–water partition coefficient (Wildman–Crippen LogP) is 2.83. The molecule has 0 heterocycles. The van der Waals surface area contributed by atoms with Crippen LogP contribution in [0.25, 0.3) is 0 Å². The summed E-state index contributed by atoms with van der Waals surface area (Å²) in [6.07, 6.45) is 2.63. The fraction of sp³-hybridized carbons (Fsp3) is 0.333. The zero-order valence-corrected chi connectivity index (χ0v) is 14.3. The molecule has 1 amide bonds. The third-order valence-electron chi connectivity index (χ3n) is 5.59. The van der Waals surface area contributed by atoms with Crippen LogP contribution in [-0.4, -0.2) is 11.9 Å². The number of fused-ring (bicyclic) bond motifs is 2. The molecule has 0 aliphatic heterocycles. The minimum Gasteiger partial charge on any atom is -0.550 e. The minimum atomic E-state index is -1.09. The van der Waals surface area contributed by atoms with E-state index < -0.39 is 17.8 Å². The number of carbonyl (C=O) groups excluding carboxylic acids is 2. The minimum absolute atomic E-state index is 0.0856. The third-order valence-corrected chi connectivity index (χ3v) is 5.59. The Hall–Kier alpha value is -2.82. The second-order valence-electron chi connectivity index (χ2n) is 7.13. The molecule has 2 aromatic rings. The van der Waals surface area contributed by atoms with Crippen LogP contribution >= 0.6 is 0 Å². The molecule has 2 fully saturated rings. The predicted molar refractivity (Wildman–Crippen MR) is 94.4 cm³/mol. The van der Waals surface area contributed by atoms with Gasteiger partial charge in [-0.05, 0) is 67.5 Å². The topological polar surface area (TPSA) is 78.5 Å². The molecule has 0 unspecified atom stereocenters. The first-order chi connectivity index (χ1) is 12.6. The highest BCUT2D eigenvalue weighted by molar-refractivity contribution is 5.95. The van der Waals surface area contributed by atoms with E-state index in [0.717, 1.165) is 25.0 Å². The highest BCUT2D eigenvalue weighted by atomic mass is 16.5. The molecule has 0 radical (unpaired) electrons. The van der Waals surface area contributed by atoms with Crippen LogP contribution in [0.1, 0.15) is 19.3 Å². The SMILES string of the molecule is O=C([O-])[C@H]1[C@H]2CC[C@H](C2)[C@@H]1C(=O)Nc1ccc(Oc2ccccc2)cc1. The van der Waals surface area contributed by atoms with Gasteiger partial charge in [0.1, 0.15) is 11.5 Å². The second-order valence-corrected chi connectivity index (χ2v) is 7.13. The van der Waals surface area contributed by atoms with Gasteiger partial charge in [0, 0.05) is 23.5 Å². The van der Waals surface area contributed by atoms with Crippen molar-refractivity contribution >= 4 is 17.6 Å². The fourth-order valence-corrected chi connectivity index (χ4v) is 4.46. The number of para-hydroxylation sites is 1. The first kappa shape index (κ1) is 16.6. The molecule has 5 nitrogen and oxygen atoms in total. The van der Waals surface area contributed by atoms with Crippen molar-refractivity contribution in [3.63, 3.8) is 0 Å². The first-order valence-electron chi connectivity index (χ1n) is 8.96. The van der Waals surface area contributed by atoms with Crippen LogP contribution in [0.15, 0.2) is 54.6 Å². The lowest BCUT2D eigenvalue weighted by atomic mass is 9.78. The van der Waals surface area contributed by atoms with Crippen molar-refractivity contribution < 1.29 is 19.4 Å². The van der Waals surface area contributed by atoms with Gasteiger partial charge < -0.3 is 20.0 Å².